The van der Waals surface area contributed by atoms with E-state index in [1.807, 2.05) is 36.4 Å². The fourth-order valence-corrected chi connectivity index (χ4v) is 5.58. The second-order valence-corrected chi connectivity index (χ2v) is 9.14. The van der Waals surface area contributed by atoms with E-state index in [2.05, 4.69) is 27.8 Å². The van der Waals surface area contributed by atoms with Crippen molar-refractivity contribution < 1.29 is 28.9 Å². The molecule has 1 saturated heterocycles. The van der Waals surface area contributed by atoms with Crippen molar-refractivity contribution in [1.82, 2.24) is 15.2 Å². The number of carbonyl (C=O) groups excluding carboxylic acids is 2. The number of aromatic nitrogens is 2. The summed E-state index contributed by atoms with van der Waals surface area (Å²) >= 11 is 0. The first-order valence-electron chi connectivity index (χ1n) is 11.5. The summed E-state index contributed by atoms with van der Waals surface area (Å²) in [6.45, 7) is 0.860. The molecule has 2 N–H and O–H groups in total. The van der Waals surface area contributed by atoms with E-state index in [-0.39, 0.29) is 35.9 Å². The van der Waals surface area contributed by atoms with Crippen molar-refractivity contribution in [2.24, 2.45) is 17.8 Å². The third-order valence-corrected chi connectivity index (χ3v) is 7.32. The Morgan fingerprint density at radius 1 is 1.03 bits per heavy atom. The Kier molecular flexibility index (Phi) is 5.01. The molecule has 0 radical (unpaired) electrons. The highest BCUT2D eigenvalue weighted by molar-refractivity contribution is 5.99. The van der Waals surface area contributed by atoms with Gasteiger partial charge in [-0.25, -0.2) is 9.42 Å². The number of piperidine rings is 1. The molecule has 3 aliphatic rings. The number of carboxylic acids is 1. The van der Waals surface area contributed by atoms with Gasteiger partial charge < -0.3 is 14.7 Å². The first-order valence-corrected chi connectivity index (χ1v) is 11.5. The fraction of sp³-hybridized carbons (Fsp3) is 0.320. The predicted octanol–water partition coefficient (Wildman–Crippen LogP) is 3.22. The number of carboxylic acid groups (broad SMARTS) is 1. The van der Waals surface area contributed by atoms with Crippen molar-refractivity contribution in [2.75, 3.05) is 25.0 Å². The quantitative estimate of drug-likeness (QED) is 0.576. The second kappa shape index (κ2) is 8.23. The molecule has 178 valence electrons. The second-order valence-electron chi connectivity index (χ2n) is 9.14. The maximum Gasteiger partial charge on any atom is 0.412 e. The monoisotopic (exact) mass is 474 g/mol. The van der Waals surface area contributed by atoms with E-state index in [4.69, 9.17) is 9.37 Å². The zero-order valence-electron chi connectivity index (χ0n) is 18.6. The predicted molar refractivity (Wildman–Crippen MR) is 122 cm³/mol. The van der Waals surface area contributed by atoms with Crippen LogP contribution in [-0.4, -0.2) is 58.0 Å². The molecular weight excluding hydrogens is 452 g/mol. The number of nitrogens with one attached hydrogen (secondary N) is 1. The lowest BCUT2D eigenvalue weighted by atomic mass is 9.98. The zero-order valence-corrected chi connectivity index (χ0v) is 18.6. The molecule has 2 fully saturated rings. The Balaban J connectivity index is 1.11. The molecule has 1 saturated carbocycles. The Morgan fingerprint density at radius 2 is 1.71 bits per heavy atom. The third kappa shape index (κ3) is 3.61. The van der Waals surface area contributed by atoms with Crippen LogP contribution in [-0.2, 0) is 9.53 Å². The van der Waals surface area contributed by atoms with Crippen LogP contribution in [0.4, 0.5) is 10.6 Å². The van der Waals surface area contributed by atoms with Gasteiger partial charge in [-0.1, -0.05) is 48.5 Å². The van der Waals surface area contributed by atoms with Crippen LogP contribution < -0.4 is 5.32 Å². The van der Waals surface area contributed by atoms with Crippen molar-refractivity contribution in [2.45, 2.75) is 12.3 Å². The van der Waals surface area contributed by atoms with Gasteiger partial charge in [0.15, 0.2) is 0 Å². The molecule has 0 spiro atoms. The van der Waals surface area contributed by atoms with Crippen LogP contribution in [0, 0.1) is 17.8 Å². The molecular formula is C25H22N4O6. The average molecular weight is 474 g/mol. The maximum absolute atomic E-state index is 13.0. The van der Waals surface area contributed by atoms with Crippen molar-refractivity contribution in [1.29, 1.82) is 0 Å². The molecule has 2 aliphatic carbocycles. The number of anilines is 1. The Bertz CT molecular complexity index is 1290. The summed E-state index contributed by atoms with van der Waals surface area (Å²) in [4.78, 5) is 38.4. The van der Waals surface area contributed by atoms with Crippen LogP contribution in [0.1, 0.15) is 34.0 Å². The van der Waals surface area contributed by atoms with Gasteiger partial charge in [-0.05, 0) is 50.8 Å². The van der Waals surface area contributed by atoms with Crippen molar-refractivity contribution in [3.8, 4) is 11.1 Å². The lowest BCUT2D eigenvalue weighted by Crippen LogP contribution is -2.37. The number of carbonyl (C=O) groups is 3. The number of likely N-dealkylation sites (tertiary alicyclic amines) is 1. The molecule has 6 rings (SSSR count). The lowest BCUT2D eigenvalue weighted by molar-refractivity contribution is -0.139. The summed E-state index contributed by atoms with van der Waals surface area (Å²) in [5, 5.41) is 19.1. The van der Waals surface area contributed by atoms with E-state index in [1.54, 1.807) is 0 Å². The summed E-state index contributed by atoms with van der Waals surface area (Å²) < 4.78 is 10.2. The van der Waals surface area contributed by atoms with Crippen LogP contribution in [0.5, 0.6) is 0 Å². The minimum atomic E-state index is -0.824. The number of aliphatic carboxylic acids is 1. The van der Waals surface area contributed by atoms with Crippen molar-refractivity contribution in [3.05, 3.63) is 65.4 Å². The normalized spacial score (nSPS) is 22.1. The summed E-state index contributed by atoms with van der Waals surface area (Å²) in [7, 11) is 0. The third-order valence-electron chi connectivity index (χ3n) is 7.32. The number of nitrogens with zero attached hydrogens (tertiary/aromatic N) is 3. The SMILES string of the molecule is O=C(Nc1nonc1C(=O)N1CC[C@H]2C(C(=O)O)[C@H]2C1)OCC1c2ccccc2-c2ccccc21. The van der Waals surface area contributed by atoms with Gasteiger partial charge in [0, 0.05) is 19.0 Å². The molecule has 3 aromatic rings. The van der Waals surface area contributed by atoms with E-state index in [0.29, 0.717) is 19.5 Å². The summed E-state index contributed by atoms with van der Waals surface area (Å²) in [5.41, 5.74) is 4.28. The van der Waals surface area contributed by atoms with Crippen LogP contribution in [0.3, 0.4) is 0 Å². The standard InChI is InChI=1S/C25H22N4O6/c30-23(29-10-9-17-18(11-29)20(17)24(31)32)21-22(28-35-27-21)26-25(33)34-12-19-15-7-3-1-5-13(15)14-6-2-4-8-16(14)19/h1-8,17-20H,9-12H2,(H,31,32)(H,26,28,33)/t17-,18+,20?/m1/s1. The largest absolute Gasteiger partial charge is 0.481 e. The number of fused-ring (bicyclic) bond motifs is 4. The summed E-state index contributed by atoms with van der Waals surface area (Å²) in [6, 6.07) is 16.0. The Morgan fingerprint density at radius 3 is 2.40 bits per heavy atom. The molecule has 1 aliphatic heterocycles. The van der Waals surface area contributed by atoms with Gasteiger partial charge in [0.1, 0.15) is 6.61 Å². The van der Waals surface area contributed by atoms with Crippen LogP contribution >= 0.6 is 0 Å². The maximum atomic E-state index is 13.0. The van der Waals surface area contributed by atoms with E-state index in [9.17, 15) is 19.5 Å². The highest BCUT2D eigenvalue weighted by atomic mass is 16.6. The number of hydrogen-bond acceptors (Lipinski definition) is 7. The van der Waals surface area contributed by atoms with E-state index >= 15 is 0 Å². The van der Waals surface area contributed by atoms with E-state index in [0.717, 1.165) is 22.3 Å². The number of hydrogen-bond donors (Lipinski definition) is 2. The molecule has 2 heterocycles. The van der Waals surface area contributed by atoms with Crippen LogP contribution in [0.25, 0.3) is 11.1 Å². The van der Waals surface area contributed by atoms with Crippen molar-refractivity contribution >= 4 is 23.8 Å². The highest BCUT2D eigenvalue weighted by Crippen LogP contribution is 2.51. The fourth-order valence-electron chi connectivity index (χ4n) is 5.58. The van der Waals surface area contributed by atoms with E-state index in [1.165, 1.54) is 4.90 Å². The van der Waals surface area contributed by atoms with Gasteiger partial charge in [-0.3, -0.25) is 14.9 Å². The number of amides is 2. The molecule has 35 heavy (non-hydrogen) atoms. The number of rotatable bonds is 5. The molecule has 3 atom stereocenters. The van der Waals surface area contributed by atoms with Crippen LogP contribution in [0.2, 0.25) is 0 Å². The average Bonchev–Trinajstić information content (AvgIpc) is 3.27. The van der Waals surface area contributed by atoms with Gasteiger partial charge in [0.25, 0.3) is 5.91 Å². The number of benzene rings is 2. The lowest BCUT2D eigenvalue weighted by Gasteiger charge is -2.25. The van der Waals surface area contributed by atoms with Gasteiger partial charge in [-0.15, -0.1) is 0 Å². The molecule has 10 heteroatoms. The minimum absolute atomic E-state index is 0.0522. The van der Waals surface area contributed by atoms with Gasteiger partial charge >= 0.3 is 12.1 Å². The molecule has 2 aromatic carbocycles. The van der Waals surface area contributed by atoms with Gasteiger partial charge in [-0.2, -0.15) is 0 Å². The minimum Gasteiger partial charge on any atom is -0.481 e. The molecule has 1 unspecified atom stereocenters. The molecule has 2 amide bonds. The number of ether oxygens (including phenoxy) is 1. The van der Waals surface area contributed by atoms with E-state index < -0.39 is 23.9 Å². The Labute approximate surface area is 199 Å². The topological polar surface area (TPSA) is 135 Å². The molecule has 1 aromatic heterocycles. The summed E-state index contributed by atoms with van der Waals surface area (Å²) in [6.07, 6.45) is -0.156. The van der Waals surface area contributed by atoms with Gasteiger partial charge in [0.2, 0.25) is 11.5 Å². The molecule has 10 nitrogen and oxygen atoms in total. The summed E-state index contributed by atoms with van der Waals surface area (Å²) in [5.74, 6) is -1.85. The zero-order chi connectivity index (χ0) is 24.1. The van der Waals surface area contributed by atoms with Gasteiger partial charge in [0.05, 0.1) is 5.92 Å². The highest BCUT2D eigenvalue weighted by Gasteiger charge is 2.57. The smallest absolute Gasteiger partial charge is 0.412 e. The van der Waals surface area contributed by atoms with Crippen LogP contribution in [0.15, 0.2) is 53.2 Å². The molecule has 0 bridgehead atoms. The Hall–Kier alpha value is -4.21. The van der Waals surface area contributed by atoms with Crippen molar-refractivity contribution in [3.63, 3.8) is 0 Å². The first kappa shape index (κ1) is 21.3. The first-order chi connectivity index (χ1) is 17.0.